The number of nitrogens with two attached hydrogens (primary N) is 1. The molecule has 0 aromatic rings. The molecule has 0 heterocycles. The van der Waals surface area contributed by atoms with Crippen LogP contribution in [0.3, 0.4) is 0 Å². The molecule has 0 aromatic carbocycles. The van der Waals surface area contributed by atoms with Crippen LogP contribution in [0.1, 0.15) is 12.8 Å². The summed E-state index contributed by atoms with van der Waals surface area (Å²) < 4.78 is 12.1. The van der Waals surface area contributed by atoms with Gasteiger partial charge in [0.25, 0.3) is 0 Å². The minimum absolute atomic E-state index is 0. The zero-order chi connectivity index (χ0) is 7.98. The summed E-state index contributed by atoms with van der Waals surface area (Å²) in [6, 6.07) is 0. The molecule has 3 N–H and O–H groups in total. The Morgan fingerprint density at radius 2 is 2.18 bits per heavy atom. The van der Waals surface area contributed by atoms with Crippen molar-refractivity contribution < 1.29 is 14.3 Å². The average molecular weight is 184 g/mol. The maximum Gasteiger partial charge on any atom is 0.364 e. The zero-order valence-corrected chi connectivity index (χ0v) is 6.73. The van der Waals surface area contributed by atoms with Crippen LogP contribution in [0.25, 0.3) is 0 Å². The van der Waals surface area contributed by atoms with Gasteiger partial charge >= 0.3 is 5.97 Å². The van der Waals surface area contributed by atoms with E-state index in [-0.39, 0.29) is 12.4 Å². The quantitative estimate of drug-likeness (QED) is 0.507. The number of carboxylic acid groups (broad SMARTS) is 1. The van der Waals surface area contributed by atoms with E-state index in [4.69, 9.17) is 10.8 Å². The number of carboxylic acids is 1. The molecule has 0 amide bonds. The number of hydrogen-bond donors (Lipinski definition) is 2. The van der Waals surface area contributed by atoms with Gasteiger partial charge in [-0.2, -0.15) is 4.39 Å². The summed E-state index contributed by atoms with van der Waals surface area (Å²) in [4.78, 5) is 9.82. The Hall–Kier alpha value is -0.610. The van der Waals surface area contributed by atoms with Gasteiger partial charge in [0.15, 0.2) is 0 Å². The highest BCUT2D eigenvalue weighted by atomic mass is 35.5. The number of aliphatic carboxylic acids is 1. The van der Waals surface area contributed by atoms with Crippen LogP contribution in [0, 0.1) is 0 Å². The first-order valence-corrected chi connectivity index (χ1v) is 2.97. The van der Waals surface area contributed by atoms with Crippen LogP contribution in [0.5, 0.6) is 0 Å². The molecular weight excluding hydrogens is 173 g/mol. The first kappa shape index (κ1) is 13.0. The maximum absolute atomic E-state index is 12.1. The molecule has 0 atom stereocenters. The molecule has 0 unspecified atom stereocenters. The third kappa shape index (κ3) is 7.29. The first-order valence-electron chi connectivity index (χ1n) is 2.97. The topological polar surface area (TPSA) is 63.3 Å². The summed E-state index contributed by atoms with van der Waals surface area (Å²) in [5.41, 5.74) is 5.09. The fraction of sp³-hybridized carbons (Fsp3) is 0.500. The van der Waals surface area contributed by atoms with Gasteiger partial charge in [-0.1, -0.05) is 0 Å². The third-order valence-corrected chi connectivity index (χ3v) is 0.936. The summed E-state index contributed by atoms with van der Waals surface area (Å²) in [6.45, 7) is 0.448. The van der Waals surface area contributed by atoms with Crippen molar-refractivity contribution in [3.63, 3.8) is 0 Å². The average Bonchev–Trinajstić information content (AvgIpc) is 1.88. The van der Waals surface area contributed by atoms with Gasteiger partial charge in [0.1, 0.15) is 0 Å². The molecular formula is C6H11ClFNO2. The van der Waals surface area contributed by atoms with Gasteiger partial charge in [-0.25, -0.2) is 4.79 Å². The fourth-order valence-corrected chi connectivity index (χ4v) is 0.434. The molecule has 0 aliphatic carbocycles. The van der Waals surface area contributed by atoms with E-state index in [9.17, 15) is 9.18 Å². The molecule has 5 heteroatoms. The number of hydrogen-bond acceptors (Lipinski definition) is 2. The molecule has 0 rings (SSSR count). The highest BCUT2D eigenvalue weighted by Gasteiger charge is 2.02. The van der Waals surface area contributed by atoms with Gasteiger partial charge in [-0.3, -0.25) is 0 Å². The highest BCUT2D eigenvalue weighted by Crippen LogP contribution is 1.99. The van der Waals surface area contributed by atoms with Gasteiger partial charge in [-0.15, -0.1) is 12.4 Å². The van der Waals surface area contributed by atoms with E-state index in [1.54, 1.807) is 0 Å². The van der Waals surface area contributed by atoms with Gasteiger partial charge in [0.2, 0.25) is 5.83 Å². The normalized spacial score (nSPS) is 10.5. The number of halogens is 2. The third-order valence-electron chi connectivity index (χ3n) is 0.936. The smallest absolute Gasteiger partial charge is 0.364 e. The minimum atomic E-state index is -1.52. The monoisotopic (exact) mass is 183 g/mol. The summed E-state index contributed by atoms with van der Waals surface area (Å²) in [5, 5.41) is 8.01. The van der Waals surface area contributed by atoms with Crippen LogP contribution < -0.4 is 5.73 Å². The van der Waals surface area contributed by atoms with Crippen LogP contribution in [-0.2, 0) is 4.79 Å². The van der Waals surface area contributed by atoms with Gasteiger partial charge in [0.05, 0.1) is 0 Å². The molecule has 0 fully saturated rings. The lowest BCUT2D eigenvalue weighted by molar-refractivity contribution is -0.134. The van der Waals surface area contributed by atoms with Crippen LogP contribution in [-0.4, -0.2) is 17.6 Å². The molecule has 0 saturated carbocycles. The molecule has 0 aliphatic rings. The van der Waals surface area contributed by atoms with E-state index in [1.807, 2.05) is 0 Å². The first-order chi connectivity index (χ1) is 4.68. The lowest BCUT2D eigenvalue weighted by atomic mass is 10.3. The van der Waals surface area contributed by atoms with E-state index in [0.717, 1.165) is 6.08 Å². The van der Waals surface area contributed by atoms with E-state index < -0.39 is 11.8 Å². The van der Waals surface area contributed by atoms with Crippen molar-refractivity contribution in [2.24, 2.45) is 5.73 Å². The van der Waals surface area contributed by atoms with E-state index in [1.165, 1.54) is 0 Å². The Balaban J connectivity index is 0. The van der Waals surface area contributed by atoms with Crippen LogP contribution in [0.2, 0.25) is 0 Å². The maximum atomic E-state index is 12.1. The summed E-state index contributed by atoms with van der Waals surface area (Å²) in [6.07, 6.45) is 2.02. The van der Waals surface area contributed by atoms with Gasteiger partial charge in [0, 0.05) is 0 Å². The summed E-state index contributed by atoms with van der Waals surface area (Å²) in [7, 11) is 0. The predicted octanol–water partition coefficient (Wildman–Crippen LogP) is 1.09. The number of rotatable bonds is 4. The second kappa shape index (κ2) is 7.50. The molecule has 0 bridgehead atoms. The minimum Gasteiger partial charge on any atom is -0.476 e. The molecule has 0 aliphatic heterocycles. The number of allylic oxidation sites excluding steroid dienone is 1. The van der Waals surface area contributed by atoms with Crippen molar-refractivity contribution >= 4 is 18.4 Å². The summed E-state index contributed by atoms with van der Waals surface area (Å²) in [5.74, 6) is -2.62. The molecule has 0 aromatic heterocycles. The van der Waals surface area contributed by atoms with Gasteiger partial charge in [-0.05, 0) is 25.5 Å². The molecule has 66 valence electrons. The SMILES string of the molecule is Cl.NCCC/C=C(/F)C(=O)O. The largest absolute Gasteiger partial charge is 0.476 e. The second-order valence-electron chi connectivity index (χ2n) is 1.79. The van der Waals surface area contributed by atoms with Crippen LogP contribution >= 0.6 is 12.4 Å². The van der Waals surface area contributed by atoms with Crippen molar-refractivity contribution in [3.8, 4) is 0 Å². The van der Waals surface area contributed by atoms with E-state index >= 15 is 0 Å². The second-order valence-corrected chi connectivity index (χ2v) is 1.79. The van der Waals surface area contributed by atoms with Crippen molar-refractivity contribution in [2.75, 3.05) is 6.54 Å². The Kier molecular flexibility index (Phi) is 8.87. The fourth-order valence-electron chi connectivity index (χ4n) is 0.434. The Morgan fingerprint density at radius 1 is 1.64 bits per heavy atom. The molecule has 0 saturated heterocycles. The standard InChI is InChI=1S/C6H10FNO2.ClH/c7-5(6(9)10)3-1-2-4-8;/h3H,1-2,4,8H2,(H,9,10);1H/b5-3+;. The molecule has 3 nitrogen and oxygen atoms in total. The molecule has 0 radical (unpaired) electrons. The number of carbonyl (C=O) groups is 1. The molecule has 0 spiro atoms. The zero-order valence-electron chi connectivity index (χ0n) is 5.92. The van der Waals surface area contributed by atoms with Crippen molar-refractivity contribution in [3.05, 3.63) is 11.9 Å². The number of unbranched alkanes of at least 4 members (excludes halogenated alkanes) is 1. The van der Waals surface area contributed by atoms with Crippen LogP contribution in [0.4, 0.5) is 4.39 Å². The molecule has 11 heavy (non-hydrogen) atoms. The van der Waals surface area contributed by atoms with Crippen molar-refractivity contribution in [1.82, 2.24) is 0 Å². The lowest BCUT2D eigenvalue weighted by Crippen LogP contribution is -1.98. The van der Waals surface area contributed by atoms with Crippen molar-refractivity contribution in [1.29, 1.82) is 0 Å². The van der Waals surface area contributed by atoms with Crippen LogP contribution in [0.15, 0.2) is 11.9 Å². The predicted molar refractivity (Wildman–Crippen MR) is 42.4 cm³/mol. The lowest BCUT2D eigenvalue weighted by Gasteiger charge is -1.89. The van der Waals surface area contributed by atoms with Crippen molar-refractivity contribution in [2.45, 2.75) is 12.8 Å². The highest BCUT2D eigenvalue weighted by molar-refractivity contribution is 5.85. The Bertz CT molecular complexity index is 150. The summed E-state index contributed by atoms with van der Waals surface area (Å²) >= 11 is 0. The Labute approximate surface area is 70.5 Å². The van der Waals surface area contributed by atoms with Gasteiger partial charge < -0.3 is 10.8 Å². The van der Waals surface area contributed by atoms with E-state index in [0.29, 0.717) is 19.4 Å². The Morgan fingerprint density at radius 3 is 2.55 bits per heavy atom. The van der Waals surface area contributed by atoms with E-state index in [2.05, 4.69) is 0 Å².